The van der Waals surface area contributed by atoms with Crippen molar-refractivity contribution in [2.24, 2.45) is 12.8 Å². The van der Waals surface area contributed by atoms with Gasteiger partial charge >= 0.3 is 0 Å². The highest BCUT2D eigenvalue weighted by atomic mass is 16.5. The van der Waals surface area contributed by atoms with Gasteiger partial charge in [-0.2, -0.15) is 5.10 Å². The lowest BCUT2D eigenvalue weighted by atomic mass is 10.2. The van der Waals surface area contributed by atoms with E-state index in [-0.39, 0.29) is 0 Å². The van der Waals surface area contributed by atoms with Crippen molar-refractivity contribution in [3.8, 4) is 11.5 Å². The molecule has 0 bridgehead atoms. The number of hydrogen-bond donors (Lipinski definition) is 1. The Labute approximate surface area is 75.1 Å². The Morgan fingerprint density at radius 2 is 2.46 bits per heavy atom. The van der Waals surface area contributed by atoms with Crippen LogP contribution in [0.15, 0.2) is 23.0 Å². The van der Waals surface area contributed by atoms with Crippen molar-refractivity contribution in [2.45, 2.75) is 6.54 Å². The van der Waals surface area contributed by atoms with Crippen LogP contribution in [0.3, 0.4) is 0 Å². The van der Waals surface area contributed by atoms with Gasteiger partial charge in [-0.25, -0.2) is 0 Å². The smallest absolute Gasteiger partial charge is 0.189 e. The molecule has 68 valence electrons. The molecule has 0 aromatic carbocycles. The first-order chi connectivity index (χ1) is 6.33. The predicted octanol–water partition coefficient (Wildman–Crippen LogP) is 0.534. The average molecular weight is 178 g/mol. The second-order valence-electron chi connectivity index (χ2n) is 2.72. The number of rotatable bonds is 2. The molecule has 2 heterocycles. The molecule has 2 N–H and O–H groups in total. The van der Waals surface area contributed by atoms with Gasteiger partial charge in [-0.1, -0.05) is 5.16 Å². The van der Waals surface area contributed by atoms with E-state index >= 15 is 0 Å². The Bertz CT molecular complexity index is 404. The molecule has 5 nitrogen and oxygen atoms in total. The van der Waals surface area contributed by atoms with Crippen LogP contribution in [0.25, 0.3) is 11.5 Å². The Hall–Kier alpha value is -1.62. The van der Waals surface area contributed by atoms with Gasteiger partial charge in [-0.15, -0.1) is 0 Å². The van der Waals surface area contributed by atoms with Crippen molar-refractivity contribution in [1.82, 2.24) is 14.9 Å². The molecule has 0 saturated heterocycles. The molecule has 0 aliphatic rings. The highest BCUT2D eigenvalue weighted by molar-refractivity contribution is 5.55. The van der Waals surface area contributed by atoms with Crippen LogP contribution in [-0.2, 0) is 13.6 Å². The fourth-order valence-electron chi connectivity index (χ4n) is 1.21. The van der Waals surface area contributed by atoms with Gasteiger partial charge in [-0.05, 0) is 6.07 Å². The Morgan fingerprint density at radius 3 is 3.08 bits per heavy atom. The summed E-state index contributed by atoms with van der Waals surface area (Å²) < 4.78 is 6.81. The molecule has 2 aromatic heterocycles. The van der Waals surface area contributed by atoms with Crippen molar-refractivity contribution >= 4 is 0 Å². The zero-order valence-corrected chi connectivity index (χ0v) is 7.27. The zero-order valence-electron chi connectivity index (χ0n) is 7.27. The zero-order chi connectivity index (χ0) is 9.26. The molecule has 0 unspecified atom stereocenters. The van der Waals surface area contributed by atoms with Crippen molar-refractivity contribution in [3.63, 3.8) is 0 Å². The van der Waals surface area contributed by atoms with E-state index < -0.39 is 0 Å². The molecule has 2 aromatic rings. The summed E-state index contributed by atoms with van der Waals surface area (Å²) >= 11 is 0. The fraction of sp³-hybridized carbons (Fsp3) is 0.250. The van der Waals surface area contributed by atoms with Gasteiger partial charge in [0.2, 0.25) is 0 Å². The van der Waals surface area contributed by atoms with Crippen molar-refractivity contribution in [1.29, 1.82) is 0 Å². The van der Waals surface area contributed by atoms with Crippen LogP contribution in [0.5, 0.6) is 0 Å². The van der Waals surface area contributed by atoms with Gasteiger partial charge in [0.1, 0.15) is 5.69 Å². The van der Waals surface area contributed by atoms with Gasteiger partial charge in [0.15, 0.2) is 5.76 Å². The maximum Gasteiger partial charge on any atom is 0.189 e. The molecule has 0 atom stereocenters. The SMILES string of the molecule is Cn1nccc1-c1oncc1CN. The summed E-state index contributed by atoms with van der Waals surface area (Å²) in [5.74, 6) is 0.697. The lowest BCUT2D eigenvalue weighted by Gasteiger charge is -1.98. The van der Waals surface area contributed by atoms with Crippen molar-refractivity contribution < 1.29 is 4.52 Å². The lowest BCUT2D eigenvalue weighted by molar-refractivity contribution is 0.428. The number of aryl methyl sites for hydroxylation is 1. The van der Waals surface area contributed by atoms with Crippen LogP contribution in [0.1, 0.15) is 5.56 Å². The molecule has 2 rings (SSSR count). The number of aromatic nitrogens is 3. The van der Waals surface area contributed by atoms with E-state index in [9.17, 15) is 0 Å². The van der Waals surface area contributed by atoms with E-state index in [0.29, 0.717) is 12.3 Å². The summed E-state index contributed by atoms with van der Waals surface area (Å²) in [7, 11) is 1.85. The maximum absolute atomic E-state index is 5.52. The summed E-state index contributed by atoms with van der Waals surface area (Å²) in [6.45, 7) is 0.421. The van der Waals surface area contributed by atoms with Gasteiger partial charge in [0, 0.05) is 25.4 Å². The van der Waals surface area contributed by atoms with Gasteiger partial charge < -0.3 is 10.3 Å². The lowest BCUT2D eigenvalue weighted by Crippen LogP contribution is -1.99. The molecule has 0 fully saturated rings. The minimum absolute atomic E-state index is 0.421. The second kappa shape index (κ2) is 3.02. The van der Waals surface area contributed by atoms with Gasteiger partial charge in [0.05, 0.1) is 6.20 Å². The minimum Gasteiger partial charge on any atom is -0.354 e. The summed E-state index contributed by atoms with van der Waals surface area (Å²) in [6, 6.07) is 1.86. The molecule has 5 heteroatoms. The Kier molecular flexibility index (Phi) is 1.86. The molecule has 0 amide bonds. The van der Waals surface area contributed by atoms with E-state index in [2.05, 4.69) is 10.3 Å². The Balaban J connectivity index is 2.52. The average Bonchev–Trinajstić information content (AvgIpc) is 2.71. The summed E-state index contributed by atoms with van der Waals surface area (Å²) in [5.41, 5.74) is 7.30. The van der Waals surface area contributed by atoms with Gasteiger partial charge in [-0.3, -0.25) is 4.68 Å². The summed E-state index contributed by atoms with van der Waals surface area (Å²) in [5, 5.41) is 7.73. The first-order valence-electron chi connectivity index (χ1n) is 3.95. The monoisotopic (exact) mass is 178 g/mol. The Morgan fingerprint density at radius 1 is 1.62 bits per heavy atom. The normalized spacial score (nSPS) is 10.6. The van der Waals surface area contributed by atoms with E-state index in [1.54, 1.807) is 17.1 Å². The largest absolute Gasteiger partial charge is 0.354 e. The maximum atomic E-state index is 5.52. The van der Waals surface area contributed by atoms with Crippen LogP contribution >= 0.6 is 0 Å². The van der Waals surface area contributed by atoms with Crippen molar-refractivity contribution in [2.75, 3.05) is 0 Å². The number of nitrogens with two attached hydrogens (primary N) is 1. The number of nitrogens with zero attached hydrogens (tertiary/aromatic N) is 3. The molecular weight excluding hydrogens is 168 g/mol. The van der Waals surface area contributed by atoms with Crippen LogP contribution in [-0.4, -0.2) is 14.9 Å². The van der Waals surface area contributed by atoms with Crippen LogP contribution in [0, 0.1) is 0 Å². The molecule has 13 heavy (non-hydrogen) atoms. The third-order valence-corrected chi connectivity index (χ3v) is 1.92. The predicted molar refractivity (Wildman–Crippen MR) is 46.6 cm³/mol. The topological polar surface area (TPSA) is 69.9 Å². The molecule has 0 aliphatic heterocycles. The molecule has 0 spiro atoms. The van der Waals surface area contributed by atoms with Crippen molar-refractivity contribution in [3.05, 3.63) is 24.0 Å². The summed E-state index contributed by atoms with van der Waals surface area (Å²) in [4.78, 5) is 0. The van der Waals surface area contributed by atoms with Gasteiger partial charge in [0.25, 0.3) is 0 Å². The van der Waals surface area contributed by atoms with E-state index in [1.165, 1.54) is 0 Å². The fourth-order valence-corrected chi connectivity index (χ4v) is 1.21. The third-order valence-electron chi connectivity index (χ3n) is 1.92. The quantitative estimate of drug-likeness (QED) is 0.728. The highest BCUT2D eigenvalue weighted by Crippen LogP contribution is 2.21. The first-order valence-corrected chi connectivity index (χ1v) is 3.95. The summed E-state index contributed by atoms with van der Waals surface area (Å²) in [6.07, 6.45) is 3.33. The van der Waals surface area contributed by atoms with Crippen LogP contribution in [0.2, 0.25) is 0 Å². The van der Waals surface area contributed by atoms with E-state index in [0.717, 1.165) is 11.3 Å². The first kappa shape index (κ1) is 8.00. The molecule has 0 aliphatic carbocycles. The molecule has 0 saturated carbocycles. The molecular formula is C8H10N4O. The second-order valence-corrected chi connectivity index (χ2v) is 2.72. The highest BCUT2D eigenvalue weighted by Gasteiger charge is 2.11. The minimum atomic E-state index is 0.421. The standard InChI is InChI=1S/C8H10N4O/c1-12-7(2-3-10-12)8-6(4-9)5-11-13-8/h2-3,5H,4,9H2,1H3. The van der Waals surface area contributed by atoms with E-state index in [4.69, 9.17) is 10.3 Å². The van der Waals surface area contributed by atoms with E-state index in [1.807, 2.05) is 13.1 Å². The van der Waals surface area contributed by atoms with Crippen LogP contribution < -0.4 is 5.73 Å². The third kappa shape index (κ3) is 1.23. The van der Waals surface area contributed by atoms with Crippen LogP contribution in [0.4, 0.5) is 0 Å². The number of hydrogen-bond acceptors (Lipinski definition) is 4. The molecule has 0 radical (unpaired) electrons.